The Morgan fingerprint density at radius 3 is 1.76 bits per heavy atom. The summed E-state index contributed by atoms with van der Waals surface area (Å²) < 4.78 is 0. The monoisotopic (exact) mass is 282 g/mol. The van der Waals surface area contributed by atoms with E-state index in [4.69, 9.17) is 0 Å². The van der Waals surface area contributed by atoms with Gasteiger partial charge < -0.3 is 0 Å². The fourth-order valence-electron chi connectivity index (χ4n) is 4.04. The molecule has 0 bridgehead atoms. The fourth-order valence-corrected chi connectivity index (χ4v) is 4.98. The van der Waals surface area contributed by atoms with Crippen LogP contribution >= 0.6 is 11.3 Å². The van der Waals surface area contributed by atoms with Gasteiger partial charge in [-0.25, -0.2) is 0 Å². The number of fused-ring (bicyclic) bond motifs is 6. The average molecular weight is 282 g/mol. The molecule has 1 heteroatoms. The predicted octanol–water partition coefficient (Wildman–Crippen LogP) is 6.20. The molecule has 96 valence electrons. The van der Waals surface area contributed by atoms with Gasteiger partial charge in [0.2, 0.25) is 0 Å². The summed E-state index contributed by atoms with van der Waals surface area (Å²) in [6.45, 7) is 0. The molecule has 1 heterocycles. The maximum absolute atomic E-state index is 2.31. The van der Waals surface area contributed by atoms with E-state index in [9.17, 15) is 0 Å². The molecule has 0 N–H and O–H groups in total. The highest BCUT2D eigenvalue weighted by atomic mass is 32.1. The van der Waals surface area contributed by atoms with Crippen molar-refractivity contribution in [3.8, 4) is 43.8 Å². The summed E-state index contributed by atoms with van der Waals surface area (Å²) in [7, 11) is 0. The molecule has 0 spiro atoms. The molecule has 2 aliphatic carbocycles. The Morgan fingerprint density at radius 2 is 1.05 bits per heavy atom. The van der Waals surface area contributed by atoms with Gasteiger partial charge in [-0.2, -0.15) is 0 Å². The molecule has 0 saturated heterocycles. The molecule has 0 unspecified atom stereocenters. The first-order chi connectivity index (χ1) is 10.4. The smallest absolute Gasteiger partial charge is 0.0427 e. The van der Waals surface area contributed by atoms with E-state index in [0.717, 1.165) is 0 Å². The zero-order chi connectivity index (χ0) is 13.6. The SMILES string of the molecule is c1ccc2c(c1)-c1ccc3c4c(ccc-2c14)-c1sccc1-3. The summed E-state index contributed by atoms with van der Waals surface area (Å²) in [6, 6.07) is 20.3. The van der Waals surface area contributed by atoms with Gasteiger partial charge in [-0.05, 0) is 50.0 Å². The van der Waals surface area contributed by atoms with Crippen LogP contribution in [0.4, 0.5) is 0 Å². The lowest BCUT2D eigenvalue weighted by Gasteiger charge is -2.05. The van der Waals surface area contributed by atoms with Crippen molar-refractivity contribution in [2.24, 2.45) is 0 Å². The number of benzene rings is 3. The third-order valence-electron chi connectivity index (χ3n) is 4.87. The van der Waals surface area contributed by atoms with Crippen LogP contribution in [0.25, 0.3) is 54.6 Å². The Labute approximate surface area is 126 Å². The second-order valence-electron chi connectivity index (χ2n) is 5.78. The van der Waals surface area contributed by atoms with Crippen LogP contribution in [0.2, 0.25) is 0 Å². The fraction of sp³-hybridized carbons (Fsp3) is 0. The number of thiophene rings is 1. The van der Waals surface area contributed by atoms with Gasteiger partial charge in [0.25, 0.3) is 0 Å². The second-order valence-corrected chi connectivity index (χ2v) is 6.70. The summed E-state index contributed by atoms with van der Waals surface area (Å²) >= 11 is 1.86. The van der Waals surface area contributed by atoms with Crippen LogP contribution in [0.3, 0.4) is 0 Å². The molecule has 0 amide bonds. The van der Waals surface area contributed by atoms with Crippen LogP contribution in [0.5, 0.6) is 0 Å². The molecular weight excluding hydrogens is 272 g/mol. The topological polar surface area (TPSA) is 0 Å². The van der Waals surface area contributed by atoms with Crippen molar-refractivity contribution in [2.75, 3.05) is 0 Å². The van der Waals surface area contributed by atoms with Crippen LogP contribution in [-0.2, 0) is 0 Å². The molecule has 3 aromatic carbocycles. The number of rotatable bonds is 0. The molecule has 0 radical (unpaired) electrons. The first kappa shape index (κ1) is 10.4. The molecule has 2 aliphatic rings. The molecule has 1 aromatic heterocycles. The van der Waals surface area contributed by atoms with Crippen LogP contribution in [0.15, 0.2) is 60.0 Å². The molecule has 0 fully saturated rings. The summed E-state index contributed by atoms with van der Waals surface area (Å²) in [6.07, 6.45) is 0. The third kappa shape index (κ3) is 1.03. The zero-order valence-corrected chi connectivity index (χ0v) is 12.0. The van der Waals surface area contributed by atoms with Gasteiger partial charge in [0.1, 0.15) is 0 Å². The highest BCUT2D eigenvalue weighted by molar-refractivity contribution is 7.14. The van der Waals surface area contributed by atoms with Gasteiger partial charge in [0.15, 0.2) is 0 Å². The van der Waals surface area contributed by atoms with Crippen LogP contribution in [0, 0.1) is 0 Å². The highest BCUT2D eigenvalue weighted by Crippen LogP contribution is 2.56. The Morgan fingerprint density at radius 1 is 0.476 bits per heavy atom. The highest BCUT2D eigenvalue weighted by Gasteiger charge is 2.29. The van der Waals surface area contributed by atoms with E-state index in [0.29, 0.717) is 0 Å². The van der Waals surface area contributed by atoms with Gasteiger partial charge in [-0.15, -0.1) is 11.3 Å². The zero-order valence-electron chi connectivity index (χ0n) is 11.2. The van der Waals surface area contributed by atoms with Gasteiger partial charge in [0, 0.05) is 16.0 Å². The molecular formula is C20H10S. The molecule has 0 saturated carbocycles. The Hall–Kier alpha value is -2.38. The van der Waals surface area contributed by atoms with Gasteiger partial charge in [0.05, 0.1) is 0 Å². The molecule has 0 aliphatic heterocycles. The molecule has 0 atom stereocenters. The third-order valence-corrected chi connectivity index (χ3v) is 5.82. The van der Waals surface area contributed by atoms with E-state index in [1.165, 1.54) is 54.6 Å². The van der Waals surface area contributed by atoms with E-state index in [1.807, 2.05) is 11.3 Å². The van der Waals surface area contributed by atoms with Gasteiger partial charge >= 0.3 is 0 Å². The van der Waals surface area contributed by atoms with Crippen molar-refractivity contribution in [3.05, 3.63) is 60.0 Å². The van der Waals surface area contributed by atoms with Crippen molar-refractivity contribution in [3.63, 3.8) is 0 Å². The van der Waals surface area contributed by atoms with Gasteiger partial charge in [-0.1, -0.05) is 48.5 Å². The second kappa shape index (κ2) is 3.26. The van der Waals surface area contributed by atoms with E-state index in [-0.39, 0.29) is 0 Å². The van der Waals surface area contributed by atoms with Crippen molar-refractivity contribution >= 4 is 22.1 Å². The largest absolute Gasteiger partial charge is 0.143 e. The van der Waals surface area contributed by atoms with Gasteiger partial charge in [-0.3, -0.25) is 0 Å². The van der Waals surface area contributed by atoms with Crippen molar-refractivity contribution in [2.45, 2.75) is 0 Å². The molecule has 0 nitrogen and oxygen atoms in total. The van der Waals surface area contributed by atoms with Crippen LogP contribution in [0.1, 0.15) is 0 Å². The maximum atomic E-state index is 2.31. The first-order valence-corrected chi connectivity index (χ1v) is 8.09. The normalized spacial score (nSPS) is 12.8. The summed E-state index contributed by atoms with van der Waals surface area (Å²) in [5, 5.41) is 5.12. The minimum atomic E-state index is 1.38. The van der Waals surface area contributed by atoms with E-state index >= 15 is 0 Å². The van der Waals surface area contributed by atoms with E-state index < -0.39 is 0 Å². The first-order valence-electron chi connectivity index (χ1n) is 7.21. The Bertz CT molecular complexity index is 1000. The van der Waals surface area contributed by atoms with Crippen molar-refractivity contribution < 1.29 is 0 Å². The summed E-state index contributed by atoms with van der Waals surface area (Å²) in [5.74, 6) is 0. The minimum absolute atomic E-state index is 1.38. The van der Waals surface area contributed by atoms with Crippen molar-refractivity contribution in [1.29, 1.82) is 0 Å². The standard InChI is InChI=1S/C20H10S/c1-2-4-12-11(3-1)13-5-6-15-16-9-10-21-20(16)17-8-7-14(12)18(13)19(15)17/h1-10H. The Balaban J connectivity index is 1.90. The lowest BCUT2D eigenvalue weighted by molar-refractivity contribution is 1.69. The van der Waals surface area contributed by atoms with E-state index in [1.54, 1.807) is 0 Å². The lowest BCUT2D eigenvalue weighted by Crippen LogP contribution is -1.78. The molecule has 21 heavy (non-hydrogen) atoms. The van der Waals surface area contributed by atoms with Crippen LogP contribution < -0.4 is 0 Å². The van der Waals surface area contributed by atoms with Crippen molar-refractivity contribution in [1.82, 2.24) is 0 Å². The number of hydrogen-bond donors (Lipinski definition) is 0. The lowest BCUT2D eigenvalue weighted by atomic mass is 9.98. The molecule has 4 aromatic rings. The number of hydrogen-bond acceptors (Lipinski definition) is 1. The Kier molecular flexibility index (Phi) is 1.61. The molecule has 6 rings (SSSR count). The average Bonchev–Trinajstić information content (AvgIpc) is 3.18. The minimum Gasteiger partial charge on any atom is -0.143 e. The van der Waals surface area contributed by atoms with E-state index in [2.05, 4.69) is 60.0 Å². The quantitative estimate of drug-likeness (QED) is 0.311. The van der Waals surface area contributed by atoms with Crippen LogP contribution in [-0.4, -0.2) is 0 Å². The predicted molar refractivity (Wildman–Crippen MR) is 90.7 cm³/mol. The maximum Gasteiger partial charge on any atom is 0.0427 e. The summed E-state index contributed by atoms with van der Waals surface area (Å²) in [5.41, 5.74) is 9.80. The summed E-state index contributed by atoms with van der Waals surface area (Å²) in [4.78, 5) is 1.43.